The van der Waals surface area contributed by atoms with Gasteiger partial charge in [-0.25, -0.2) is 4.68 Å². The maximum Gasteiger partial charge on any atom is 0.179 e. The van der Waals surface area contributed by atoms with Gasteiger partial charge in [-0.1, -0.05) is 25.1 Å². The van der Waals surface area contributed by atoms with Crippen LogP contribution >= 0.6 is 0 Å². The summed E-state index contributed by atoms with van der Waals surface area (Å²) in [4.78, 5) is 2.34. The molecular formula is C19H23N5. The fraction of sp³-hybridized carbons (Fsp3) is 0.421. The number of hydrogen-bond acceptors (Lipinski definition) is 4. The molecule has 0 aliphatic carbocycles. The van der Waals surface area contributed by atoms with E-state index in [0.29, 0.717) is 0 Å². The molecule has 3 aromatic rings. The number of anilines is 1. The number of aromatic nitrogens is 4. The Labute approximate surface area is 142 Å². The number of benzene rings is 1. The SMILES string of the molecule is Cc1nnc(N2CCC(C)CC2)c2nn(-c3ccccc3)c(C)c12. The number of rotatable bonds is 2. The van der Waals surface area contributed by atoms with Crippen LogP contribution in [0.25, 0.3) is 16.6 Å². The number of nitrogens with zero attached hydrogens (tertiary/aromatic N) is 5. The molecule has 0 atom stereocenters. The molecule has 5 nitrogen and oxygen atoms in total. The Morgan fingerprint density at radius 2 is 1.71 bits per heavy atom. The predicted molar refractivity (Wildman–Crippen MR) is 96.7 cm³/mol. The van der Waals surface area contributed by atoms with Crippen molar-refractivity contribution in [3.8, 4) is 5.69 Å². The van der Waals surface area contributed by atoms with Crippen molar-refractivity contribution in [3.63, 3.8) is 0 Å². The van der Waals surface area contributed by atoms with E-state index in [1.165, 1.54) is 12.8 Å². The normalized spacial score (nSPS) is 16.0. The minimum Gasteiger partial charge on any atom is -0.353 e. The number of aryl methyl sites for hydroxylation is 2. The van der Waals surface area contributed by atoms with E-state index < -0.39 is 0 Å². The molecule has 2 aromatic heterocycles. The van der Waals surface area contributed by atoms with E-state index in [0.717, 1.165) is 52.8 Å². The molecule has 124 valence electrons. The van der Waals surface area contributed by atoms with Gasteiger partial charge in [-0.15, -0.1) is 5.10 Å². The second-order valence-corrected chi connectivity index (χ2v) is 6.83. The standard InChI is InChI=1S/C19H23N5/c1-13-9-11-23(12-10-13)19-18-17(14(2)20-21-19)15(3)24(22-18)16-7-5-4-6-8-16/h4-8,13H,9-12H2,1-3H3. The third kappa shape index (κ3) is 2.44. The smallest absolute Gasteiger partial charge is 0.179 e. The Hall–Kier alpha value is -2.43. The van der Waals surface area contributed by atoms with Gasteiger partial charge in [0.1, 0.15) is 5.52 Å². The van der Waals surface area contributed by atoms with Gasteiger partial charge >= 0.3 is 0 Å². The molecule has 0 radical (unpaired) electrons. The summed E-state index contributed by atoms with van der Waals surface area (Å²) in [7, 11) is 0. The largest absolute Gasteiger partial charge is 0.353 e. The van der Waals surface area contributed by atoms with E-state index in [1.807, 2.05) is 29.8 Å². The molecule has 1 aromatic carbocycles. The molecule has 1 fully saturated rings. The summed E-state index contributed by atoms with van der Waals surface area (Å²) in [6, 6.07) is 10.3. The molecule has 4 rings (SSSR count). The second kappa shape index (κ2) is 5.89. The highest BCUT2D eigenvalue weighted by Crippen LogP contribution is 2.31. The van der Waals surface area contributed by atoms with Crippen LogP contribution in [0.1, 0.15) is 31.2 Å². The summed E-state index contributed by atoms with van der Waals surface area (Å²) >= 11 is 0. The van der Waals surface area contributed by atoms with Gasteiger partial charge in [-0.2, -0.15) is 10.2 Å². The van der Waals surface area contributed by atoms with Crippen molar-refractivity contribution < 1.29 is 0 Å². The Kier molecular flexibility index (Phi) is 3.71. The van der Waals surface area contributed by atoms with E-state index in [2.05, 4.69) is 41.1 Å². The molecule has 1 saturated heterocycles. The summed E-state index contributed by atoms with van der Waals surface area (Å²) < 4.78 is 2.01. The van der Waals surface area contributed by atoms with Crippen molar-refractivity contribution in [1.82, 2.24) is 20.0 Å². The van der Waals surface area contributed by atoms with Crippen LogP contribution in [-0.4, -0.2) is 33.1 Å². The average Bonchev–Trinajstić information content (AvgIpc) is 2.95. The van der Waals surface area contributed by atoms with E-state index >= 15 is 0 Å². The third-order valence-corrected chi connectivity index (χ3v) is 5.07. The molecule has 5 heteroatoms. The van der Waals surface area contributed by atoms with Crippen LogP contribution < -0.4 is 4.90 Å². The van der Waals surface area contributed by atoms with E-state index in [4.69, 9.17) is 5.10 Å². The Morgan fingerprint density at radius 1 is 1.00 bits per heavy atom. The highest BCUT2D eigenvalue weighted by atomic mass is 15.3. The highest BCUT2D eigenvalue weighted by Gasteiger charge is 2.23. The molecule has 0 amide bonds. The fourth-order valence-electron chi connectivity index (χ4n) is 3.57. The predicted octanol–water partition coefficient (Wildman–Crippen LogP) is 3.67. The van der Waals surface area contributed by atoms with Gasteiger partial charge in [0.25, 0.3) is 0 Å². The summed E-state index contributed by atoms with van der Waals surface area (Å²) in [6.07, 6.45) is 2.41. The van der Waals surface area contributed by atoms with Crippen molar-refractivity contribution in [2.24, 2.45) is 5.92 Å². The fourth-order valence-corrected chi connectivity index (χ4v) is 3.57. The first-order valence-electron chi connectivity index (χ1n) is 8.68. The van der Waals surface area contributed by atoms with Crippen molar-refractivity contribution >= 4 is 16.7 Å². The molecule has 0 unspecified atom stereocenters. The average molecular weight is 321 g/mol. The lowest BCUT2D eigenvalue weighted by molar-refractivity contribution is 0.436. The van der Waals surface area contributed by atoms with Crippen LogP contribution in [-0.2, 0) is 0 Å². The zero-order valence-electron chi connectivity index (χ0n) is 14.5. The maximum absolute atomic E-state index is 4.91. The minimum atomic E-state index is 0.791. The lowest BCUT2D eigenvalue weighted by atomic mass is 9.99. The van der Waals surface area contributed by atoms with Crippen molar-refractivity contribution in [3.05, 3.63) is 41.7 Å². The van der Waals surface area contributed by atoms with Gasteiger partial charge in [-0.3, -0.25) is 0 Å². The van der Waals surface area contributed by atoms with Gasteiger partial charge in [0, 0.05) is 13.1 Å². The number of para-hydroxylation sites is 1. The molecule has 24 heavy (non-hydrogen) atoms. The van der Waals surface area contributed by atoms with Crippen LogP contribution in [0.15, 0.2) is 30.3 Å². The van der Waals surface area contributed by atoms with Crippen molar-refractivity contribution in [2.75, 3.05) is 18.0 Å². The summed E-state index contributed by atoms with van der Waals surface area (Å²) in [5.74, 6) is 1.72. The van der Waals surface area contributed by atoms with Crippen LogP contribution in [0.5, 0.6) is 0 Å². The first-order chi connectivity index (χ1) is 11.6. The monoisotopic (exact) mass is 321 g/mol. The van der Waals surface area contributed by atoms with E-state index in [-0.39, 0.29) is 0 Å². The van der Waals surface area contributed by atoms with Crippen LogP contribution in [0.4, 0.5) is 5.82 Å². The molecule has 1 aliphatic rings. The summed E-state index contributed by atoms with van der Waals surface area (Å²) in [5, 5.41) is 15.0. The second-order valence-electron chi connectivity index (χ2n) is 6.83. The summed E-state index contributed by atoms with van der Waals surface area (Å²) in [6.45, 7) is 8.51. The Bertz CT molecular complexity index is 860. The molecule has 0 bridgehead atoms. The molecule has 3 heterocycles. The highest BCUT2D eigenvalue weighted by molar-refractivity contribution is 5.92. The topological polar surface area (TPSA) is 46.8 Å². The van der Waals surface area contributed by atoms with Crippen LogP contribution in [0.3, 0.4) is 0 Å². The van der Waals surface area contributed by atoms with Crippen molar-refractivity contribution in [1.29, 1.82) is 0 Å². The molecular weight excluding hydrogens is 298 g/mol. The lowest BCUT2D eigenvalue weighted by Gasteiger charge is -2.30. The lowest BCUT2D eigenvalue weighted by Crippen LogP contribution is -2.33. The molecule has 0 saturated carbocycles. The Balaban J connectivity index is 1.86. The first-order valence-corrected chi connectivity index (χ1v) is 8.68. The quantitative estimate of drug-likeness (QED) is 0.722. The maximum atomic E-state index is 4.91. The molecule has 1 aliphatic heterocycles. The van der Waals surface area contributed by atoms with Crippen LogP contribution in [0.2, 0.25) is 0 Å². The van der Waals surface area contributed by atoms with E-state index in [1.54, 1.807) is 0 Å². The number of hydrogen-bond donors (Lipinski definition) is 0. The zero-order chi connectivity index (χ0) is 16.7. The molecule has 0 N–H and O–H groups in total. The van der Waals surface area contributed by atoms with Gasteiger partial charge in [-0.05, 0) is 44.7 Å². The van der Waals surface area contributed by atoms with E-state index in [9.17, 15) is 0 Å². The van der Waals surface area contributed by atoms with Gasteiger partial charge in [0.05, 0.1) is 22.5 Å². The van der Waals surface area contributed by atoms with Gasteiger partial charge < -0.3 is 4.90 Å². The van der Waals surface area contributed by atoms with Crippen molar-refractivity contribution in [2.45, 2.75) is 33.6 Å². The number of piperidine rings is 1. The number of fused-ring (bicyclic) bond motifs is 1. The third-order valence-electron chi connectivity index (χ3n) is 5.07. The summed E-state index contributed by atoms with van der Waals surface area (Å²) in [5.41, 5.74) is 4.11. The molecule has 0 spiro atoms. The Morgan fingerprint density at radius 3 is 2.42 bits per heavy atom. The van der Waals surface area contributed by atoms with Crippen LogP contribution in [0, 0.1) is 19.8 Å². The van der Waals surface area contributed by atoms with Gasteiger partial charge in [0.15, 0.2) is 5.82 Å². The zero-order valence-corrected chi connectivity index (χ0v) is 14.5. The first kappa shape index (κ1) is 15.1. The van der Waals surface area contributed by atoms with Gasteiger partial charge in [0.2, 0.25) is 0 Å². The minimum absolute atomic E-state index is 0.791.